The molecule has 1 aliphatic heterocycles. The third kappa shape index (κ3) is 4.17. The van der Waals surface area contributed by atoms with Gasteiger partial charge < -0.3 is 5.32 Å². The lowest BCUT2D eigenvalue weighted by atomic mass is 9.83. The number of halogens is 1. The Morgan fingerprint density at radius 2 is 1.54 bits per heavy atom. The summed E-state index contributed by atoms with van der Waals surface area (Å²) in [6, 6.07) is 22.9. The van der Waals surface area contributed by atoms with Crippen molar-refractivity contribution in [1.29, 1.82) is 0 Å². The molecule has 1 fully saturated rings. The Balaban J connectivity index is 1.36. The Bertz CT molecular complexity index is 1350. The lowest BCUT2D eigenvalue weighted by Crippen LogP contribution is -2.49. The molecule has 0 saturated carbocycles. The summed E-state index contributed by atoms with van der Waals surface area (Å²) in [5, 5.41) is 5.84. The van der Waals surface area contributed by atoms with Crippen molar-refractivity contribution in [3.63, 3.8) is 0 Å². The standard InChI is InChI=1S/C26H19FN4O3S/c27-20-13-11-17(12-14-20)23-28-21(16-35-23)15-22(32)30-31-24(33)26(29-25(31)34,18-7-3-1-4-8-18)19-9-5-2-6-10-19/h1-14,16H,15H2,(H,29,34)(H,30,32). The Labute approximate surface area is 204 Å². The minimum Gasteiger partial charge on any atom is -0.314 e. The monoisotopic (exact) mass is 486 g/mol. The van der Waals surface area contributed by atoms with E-state index in [-0.39, 0.29) is 12.2 Å². The molecular formula is C26H19FN4O3S. The van der Waals surface area contributed by atoms with E-state index in [1.807, 2.05) is 12.1 Å². The summed E-state index contributed by atoms with van der Waals surface area (Å²) in [7, 11) is 0. The first-order chi connectivity index (χ1) is 17.0. The quantitative estimate of drug-likeness (QED) is 0.403. The smallest absolute Gasteiger partial charge is 0.314 e. The number of hydrogen-bond donors (Lipinski definition) is 2. The number of nitrogens with zero attached hydrogens (tertiary/aromatic N) is 2. The highest BCUT2D eigenvalue weighted by Gasteiger charge is 2.54. The lowest BCUT2D eigenvalue weighted by Gasteiger charge is -2.27. The van der Waals surface area contributed by atoms with Gasteiger partial charge in [0.1, 0.15) is 10.8 Å². The van der Waals surface area contributed by atoms with Crippen molar-refractivity contribution in [2.24, 2.45) is 0 Å². The van der Waals surface area contributed by atoms with Gasteiger partial charge in [-0.2, -0.15) is 5.01 Å². The van der Waals surface area contributed by atoms with Gasteiger partial charge in [0, 0.05) is 10.9 Å². The van der Waals surface area contributed by atoms with Gasteiger partial charge >= 0.3 is 6.03 Å². The number of benzene rings is 3. The Hall–Kier alpha value is -4.37. The van der Waals surface area contributed by atoms with Crippen LogP contribution in [0.4, 0.5) is 9.18 Å². The van der Waals surface area contributed by atoms with E-state index in [0.29, 0.717) is 21.8 Å². The number of carbonyl (C=O) groups excluding carboxylic acids is 3. The summed E-state index contributed by atoms with van der Waals surface area (Å²) in [6.07, 6.45) is -0.140. The molecule has 2 N–H and O–H groups in total. The highest BCUT2D eigenvalue weighted by atomic mass is 32.1. The molecule has 0 bridgehead atoms. The number of hydrazine groups is 1. The molecular weight excluding hydrogens is 467 g/mol. The third-order valence-corrected chi connectivity index (χ3v) is 6.60. The number of aromatic nitrogens is 1. The first-order valence-corrected chi connectivity index (χ1v) is 11.6. The van der Waals surface area contributed by atoms with E-state index in [4.69, 9.17) is 0 Å². The van der Waals surface area contributed by atoms with Gasteiger partial charge in [-0.15, -0.1) is 11.3 Å². The fraction of sp³-hybridized carbons (Fsp3) is 0.0769. The van der Waals surface area contributed by atoms with Crippen LogP contribution in [0.3, 0.4) is 0 Å². The second-order valence-electron chi connectivity index (χ2n) is 7.92. The largest absolute Gasteiger partial charge is 0.344 e. The zero-order chi connectivity index (χ0) is 24.4. The second-order valence-corrected chi connectivity index (χ2v) is 8.77. The summed E-state index contributed by atoms with van der Waals surface area (Å²) >= 11 is 1.32. The Kier molecular flexibility index (Phi) is 5.84. The van der Waals surface area contributed by atoms with Crippen LogP contribution in [0.1, 0.15) is 16.8 Å². The van der Waals surface area contributed by atoms with E-state index in [2.05, 4.69) is 15.7 Å². The van der Waals surface area contributed by atoms with Crippen molar-refractivity contribution in [1.82, 2.24) is 20.7 Å². The topological polar surface area (TPSA) is 91.4 Å². The minimum absolute atomic E-state index is 0.140. The van der Waals surface area contributed by atoms with Crippen LogP contribution in [0.2, 0.25) is 0 Å². The van der Waals surface area contributed by atoms with Gasteiger partial charge in [-0.1, -0.05) is 60.7 Å². The Morgan fingerprint density at radius 1 is 0.943 bits per heavy atom. The van der Waals surface area contributed by atoms with Crippen LogP contribution in [-0.4, -0.2) is 27.8 Å². The van der Waals surface area contributed by atoms with E-state index in [0.717, 1.165) is 10.6 Å². The zero-order valence-corrected chi connectivity index (χ0v) is 19.1. The molecule has 174 valence electrons. The van der Waals surface area contributed by atoms with E-state index in [1.165, 1.54) is 23.5 Å². The number of imide groups is 1. The molecule has 1 aliphatic rings. The fourth-order valence-corrected chi connectivity index (χ4v) is 4.83. The number of carbonyl (C=O) groups is 3. The van der Waals surface area contributed by atoms with Crippen LogP contribution in [0.25, 0.3) is 10.6 Å². The fourth-order valence-electron chi connectivity index (χ4n) is 4.01. The average Bonchev–Trinajstić information content (AvgIpc) is 3.44. The first kappa shape index (κ1) is 22.4. The van der Waals surface area contributed by atoms with Gasteiger partial charge in [-0.3, -0.25) is 15.0 Å². The number of amides is 4. The minimum atomic E-state index is -1.47. The number of thiazole rings is 1. The molecule has 9 heteroatoms. The molecule has 4 aromatic rings. The maximum atomic E-state index is 13.6. The highest BCUT2D eigenvalue weighted by molar-refractivity contribution is 7.13. The predicted molar refractivity (Wildman–Crippen MR) is 128 cm³/mol. The maximum Gasteiger partial charge on any atom is 0.344 e. The number of urea groups is 1. The van der Waals surface area contributed by atoms with Gasteiger partial charge in [0.25, 0.3) is 5.91 Å². The third-order valence-electron chi connectivity index (χ3n) is 5.66. The Morgan fingerprint density at radius 3 is 2.14 bits per heavy atom. The number of nitrogens with one attached hydrogen (secondary N) is 2. The summed E-state index contributed by atoms with van der Waals surface area (Å²) in [5.41, 5.74) is 3.30. The van der Waals surface area contributed by atoms with E-state index >= 15 is 0 Å². The van der Waals surface area contributed by atoms with E-state index < -0.39 is 23.4 Å². The molecule has 1 saturated heterocycles. The van der Waals surface area contributed by atoms with Crippen LogP contribution in [-0.2, 0) is 21.5 Å². The molecule has 0 unspecified atom stereocenters. The summed E-state index contributed by atoms with van der Waals surface area (Å²) in [4.78, 5) is 43.7. The van der Waals surface area contributed by atoms with Crippen LogP contribution >= 0.6 is 11.3 Å². The van der Waals surface area contributed by atoms with Crippen molar-refractivity contribution in [2.45, 2.75) is 12.0 Å². The maximum absolute atomic E-state index is 13.6. The van der Waals surface area contributed by atoms with Crippen molar-refractivity contribution in [3.8, 4) is 10.6 Å². The lowest BCUT2D eigenvalue weighted by molar-refractivity contribution is -0.138. The van der Waals surface area contributed by atoms with Crippen LogP contribution in [0.15, 0.2) is 90.3 Å². The molecule has 0 spiro atoms. The molecule has 2 heterocycles. The van der Waals surface area contributed by atoms with Crippen LogP contribution < -0.4 is 10.7 Å². The predicted octanol–water partition coefficient (Wildman–Crippen LogP) is 4.02. The molecule has 1 aromatic heterocycles. The molecule has 3 aromatic carbocycles. The van der Waals surface area contributed by atoms with Crippen molar-refractivity contribution >= 4 is 29.2 Å². The van der Waals surface area contributed by atoms with Crippen LogP contribution in [0, 0.1) is 5.82 Å². The number of rotatable bonds is 6. The molecule has 7 nitrogen and oxygen atoms in total. The van der Waals surface area contributed by atoms with Crippen molar-refractivity contribution < 1.29 is 18.8 Å². The highest BCUT2D eigenvalue weighted by Crippen LogP contribution is 2.35. The SMILES string of the molecule is O=C(Cc1csc(-c2ccc(F)cc2)n1)NN1C(=O)NC(c2ccccc2)(c2ccccc2)C1=O. The second kappa shape index (κ2) is 9.11. The van der Waals surface area contributed by atoms with Crippen LogP contribution in [0.5, 0.6) is 0 Å². The van der Waals surface area contributed by atoms with E-state index in [9.17, 15) is 18.8 Å². The molecule has 4 amide bonds. The molecule has 0 atom stereocenters. The average molecular weight is 487 g/mol. The van der Waals surface area contributed by atoms with E-state index in [1.54, 1.807) is 66.0 Å². The van der Waals surface area contributed by atoms with Gasteiger partial charge in [0.15, 0.2) is 5.54 Å². The van der Waals surface area contributed by atoms with Gasteiger partial charge in [0.2, 0.25) is 5.91 Å². The van der Waals surface area contributed by atoms with Crippen molar-refractivity contribution in [3.05, 3.63) is 113 Å². The van der Waals surface area contributed by atoms with Gasteiger partial charge in [-0.05, 0) is 35.4 Å². The summed E-state index contributed by atoms with van der Waals surface area (Å²) < 4.78 is 13.2. The van der Waals surface area contributed by atoms with Gasteiger partial charge in [0.05, 0.1) is 12.1 Å². The van der Waals surface area contributed by atoms with Gasteiger partial charge in [-0.25, -0.2) is 14.2 Å². The normalized spacial score (nSPS) is 14.6. The number of hydrogen-bond acceptors (Lipinski definition) is 5. The first-order valence-electron chi connectivity index (χ1n) is 10.7. The zero-order valence-electron chi connectivity index (χ0n) is 18.3. The molecule has 35 heavy (non-hydrogen) atoms. The van der Waals surface area contributed by atoms with Crippen molar-refractivity contribution in [2.75, 3.05) is 0 Å². The summed E-state index contributed by atoms with van der Waals surface area (Å²) in [6.45, 7) is 0. The molecule has 0 radical (unpaired) electrons. The summed E-state index contributed by atoms with van der Waals surface area (Å²) in [5.74, 6) is -1.53. The molecule has 0 aliphatic carbocycles. The molecule has 5 rings (SSSR count).